The number of nitrogens with zero attached hydrogens (tertiary/aromatic N) is 2. The van der Waals surface area contributed by atoms with Gasteiger partial charge in [0.2, 0.25) is 47.3 Å². The van der Waals surface area contributed by atoms with Crippen molar-refractivity contribution in [3.63, 3.8) is 0 Å². The largest absolute Gasteiger partial charge is 0.508 e. The van der Waals surface area contributed by atoms with E-state index in [4.69, 9.17) is 28.7 Å². The van der Waals surface area contributed by atoms with Crippen molar-refractivity contribution in [2.24, 2.45) is 45.5 Å². The van der Waals surface area contributed by atoms with Crippen molar-refractivity contribution in [2.45, 2.75) is 172 Å². The predicted molar refractivity (Wildman–Crippen MR) is 334 cm³/mol. The number of hydrogen-bond donors (Lipinski definition) is 18. The normalized spacial score (nSPS) is 14.9. The zero-order valence-electron chi connectivity index (χ0n) is 51.4. The number of carboxylic acid groups (broad SMARTS) is 2. The number of rotatable bonds is 41. The highest BCUT2D eigenvalue weighted by atomic mass is 16.4. The lowest BCUT2D eigenvalue weighted by Gasteiger charge is -2.30. The van der Waals surface area contributed by atoms with Gasteiger partial charge in [-0.15, -0.1) is 0 Å². The molecular weight excluding hydrogens is 1170 g/mol. The van der Waals surface area contributed by atoms with Gasteiger partial charge in [-0.2, -0.15) is 0 Å². The minimum atomic E-state index is -1.77. The summed E-state index contributed by atoms with van der Waals surface area (Å²) in [6.45, 7) is 7.16. The van der Waals surface area contributed by atoms with Crippen LogP contribution in [0.15, 0.2) is 72.2 Å². The average molecular weight is 1260 g/mol. The number of imidazole rings is 1. The molecule has 2 aromatic heterocycles. The number of aliphatic carboxylic acids is 2. The quantitative estimate of drug-likeness (QED) is 0.0141. The van der Waals surface area contributed by atoms with Crippen molar-refractivity contribution in [1.29, 1.82) is 0 Å². The highest BCUT2D eigenvalue weighted by Gasteiger charge is 2.37. The van der Waals surface area contributed by atoms with Crippen molar-refractivity contribution < 1.29 is 63.3 Å². The third-order valence-corrected chi connectivity index (χ3v) is 15.4. The van der Waals surface area contributed by atoms with Crippen molar-refractivity contribution in [3.8, 4) is 5.75 Å². The number of carbonyl (C=O) groups is 10. The van der Waals surface area contributed by atoms with Gasteiger partial charge in [-0.3, -0.25) is 48.1 Å². The van der Waals surface area contributed by atoms with Crippen molar-refractivity contribution >= 4 is 76.1 Å². The van der Waals surface area contributed by atoms with E-state index in [1.54, 1.807) is 64.2 Å². The molecule has 4 rings (SSSR count). The number of H-pyrrole nitrogens is 2. The fourth-order valence-electron chi connectivity index (χ4n) is 9.73. The Bertz CT molecular complexity index is 3030. The molecule has 494 valence electrons. The molecule has 0 saturated heterocycles. The number of para-hydroxylation sites is 1. The number of aliphatic imine (C=N–C) groups is 1. The van der Waals surface area contributed by atoms with Crippen LogP contribution < -0.4 is 71.2 Å². The lowest BCUT2D eigenvalue weighted by atomic mass is 9.96. The van der Waals surface area contributed by atoms with Gasteiger partial charge in [-0.1, -0.05) is 70.9 Å². The first-order chi connectivity index (χ1) is 42.9. The summed E-state index contributed by atoms with van der Waals surface area (Å²) in [6.07, 6.45) is 5.39. The maximum Gasteiger partial charge on any atom is 0.326 e. The molecule has 4 aromatic rings. The van der Waals surface area contributed by atoms with E-state index in [2.05, 4.69) is 62.5 Å². The molecular formula is C60H91N17O13. The molecule has 0 aliphatic rings. The Morgan fingerprint density at radius 1 is 0.567 bits per heavy atom. The molecule has 90 heavy (non-hydrogen) atoms. The highest BCUT2D eigenvalue weighted by Crippen LogP contribution is 2.21. The molecule has 0 saturated carbocycles. The SMILES string of the molecule is CC[C@H](C)[C@H](NC(=O)[C@H](CC(=O)O)NC(=O)[C@H](CCCCN)NC(=O)[C@@H](NC(=O)[C@H](Cc1c[nH]c2ccccc12)NC(=O)[C@H](CCCCN)NC(=O)[C@H](CCCN=C(N)N)NC(=O)[C@H](Cc1ccc(O)cc1)NC(=O)[C@@H](N)Cc1cnc[nH]1)[C@@H](C)CC)C(=O)O. The second-order valence-electron chi connectivity index (χ2n) is 22.4. The van der Waals surface area contributed by atoms with Gasteiger partial charge in [-0.25, -0.2) is 9.78 Å². The van der Waals surface area contributed by atoms with E-state index >= 15 is 0 Å². The second kappa shape index (κ2) is 37.6. The second-order valence-corrected chi connectivity index (χ2v) is 22.4. The van der Waals surface area contributed by atoms with Crippen LogP contribution >= 0.6 is 0 Å². The first-order valence-electron chi connectivity index (χ1n) is 30.3. The number of phenolic OH excluding ortho intramolecular Hbond substituents is 1. The summed E-state index contributed by atoms with van der Waals surface area (Å²) in [4.78, 5) is 153. The third kappa shape index (κ3) is 24.1. The molecule has 11 atom stereocenters. The Balaban J connectivity index is 1.69. The zero-order valence-corrected chi connectivity index (χ0v) is 51.4. The lowest BCUT2D eigenvalue weighted by molar-refractivity contribution is -0.145. The molecule has 0 unspecified atom stereocenters. The smallest absolute Gasteiger partial charge is 0.326 e. The van der Waals surface area contributed by atoms with Gasteiger partial charge in [0, 0.05) is 54.8 Å². The summed E-state index contributed by atoms with van der Waals surface area (Å²) in [5, 5.41) is 51.4. The minimum absolute atomic E-state index is 0.0168. The van der Waals surface area contributed by atoms with Crippen LogP contribution in [0.3, 0.4) is 0 Å². The number of aromatic amines is 2. The molecule has 30 heteroatoms. The number of unbranched alkanes of at least 4 members (excludes halogenated alkanes) is 2. The number of hydrogen-bond acceptors (Lipinski definition) is 16. The van der Waals surface area contributed by atoms with Crippen LogP contribution in [-0.2, 0) is 67.2 Å². The Labute approximate surface area is 522 Å². The number of guanidine groups is 1. The molecule has 30 nitrogen and oxygen atoms in total. The summed E-state index contributed by atoms with van der Waals surface area (Å²) in [5.41, 5.74) is 31.5. The van der Waals surface area contributed by atoms with Gasteiger partial charge >= 0.3 is 11.9 Å². The Kier molecular flexibility index (Phi) is 30.7. The van der Waals surface area contributed by atoms with E-state index in [0.29, 0.717) is 59.8 Å². The zero-order chi connectivity index (χ0) is 66.5. The fraction of sp³-hybridized carbons (Fsp3) is 0.533. The predicted octanol–water partition coefficient (Wildman–Crippen LogP) is -1.21. The number of benzene rings is 2. The van der Waals surface area contributed by atoms with Crippen LogP contribution in [0.25, 0.3) is 10.9 Å². The number of fused-ring (bicyclic) bond motifs is 1. The summed E-state index contributed by atoms with van der Waals surface area (Å²) >= 11 is 0. The Morgan fingerprint density at radius 3 is 1.60 bits per heavy atom. The monoisotopic (exact) mass is 1260 g/mol. The number of nitrogens with two attached hydrogens (primary N) is 5. The molecule has 2 heterocycles. The molecule has 0 radical (unpaired) electrons. The maximum absolute atomic E-state index is 15.0. The average Bonchev–Trinajstić information content (AvgIpc) is 2.93. The maximum atomic E-state index is 15.0. The number of aromatic nitrogens is 3. The molecule has 0 aliphatic heterocycles. The topological polar surface area (TPSA) is 515 Å². The molecule has 0 bridgehead atoms. The molecule has 0 spiro atoms. The molecule has 0 fully saturated rings. The van der Waals surface area contributed by atoms with E-state index in [1.807, 2.05) is 6.07 Å². The van der Waals surface area contributed by atoms with E-state index in [1.165, 1.54) is 24.7 Å². The number of phenols is 1. The Hall–Kier alpha value is -9.16. The van der Waals surface area contributed by atoms with Gasteiger partial charge in [0.05, 0.1) is 18.8 Å². The van der Waals surface area contributed by atoms with Crippen LogP contribution in [0.1, 0.15) is 115 Å². The van der Waals surface area contributed by atoms with Gasteiger partial charge in [-0.05, 0) is 106 Å². The first kappa shape index (κ1) is 73.3. The van der Waals surface area contributed by atoms with E-state index in [-0.39, 0.29) is 82.7 Å². The van der Waals surface area contributed by atoms with E-state index < -0.39 is 132 Å². The summed E-state index contributed by atoms with van der Waals surface area (Å²) < 4.78 is 0. The molecule has 8 amide bonds. The number of aromatic hydroxyl groups is 1. The number of carboxylic acids is 2. The first-order valence-corrected chi connectivity index (χ1v) is 30.3. The fourth-order valence-corrected chi connectivity index (χ4v) is 9.73. The van der Waals surface area contributed by atoms with Crippen molar-refractivity contribution in [2.75, 3.05) is 19.6 Å². The van der Waals surface area contributed by atoms with Gasteiger partial charge in [0.1, 0.15) is 54.1 Å². The van der Waals surface area contributed by atoms with Crippen molar-refractivity contribution in [1.82, 2.24) is 57.5 Å². The van der Waals surface area contributed by atoms with Gasteiger partial charge in [0.25, 0.3) is 0 Å². The number of amides is 8. The van der Waals surface area contributed by atoms with Crippen LogP contribution in [-0.4, -0.2) is 169 Å². The Morgan fingerprint density at radius 2 is 1.06 bits per heavy atom. The van der Waals surface area contributed by atoms with Gasteiger partial charge < -0.3 is 96.5 Å². The molecule has 0 aliphatic carbocycles. The van der Waals surface area contributed by atoms with E-state index in [0.717, 1.165) is 0 Å². The lowest BCUT2D eigenvalue weighted by Crippen LogP contribution is -2.61. The van der Waals surface area contributed by atoms with E-state index in [9.17, 15) is 63.3 Å². The van der Waals surface area contributed by atoms with Crippen LogP contribution in [0.4, 0.5) is 0 Å². The van der Waals surface area contributed by atoms with Crippen LogP contribution in [0.2, 0.25) is 0 Å². The standard InChI is InChI=1S/C60H91N17O13/c1-5-33(3)49(58(88)72-43(17-10-12-24-62)54(84)75-47(29-48(79)80)57(87)77-50(59(89)90)34(4)6-2)76-56(86)46(27-36-30-68-41-15-8-7-14-39(36)41)74-53(83)42(16-9-11-23-61)70-52(82)44(18-13-25-67-60(64)65)71-55(85)45(26-35-19-21-38(78)22-20-35)73-51(81)40(63)28-37-31-66-32-69-37/h7-8,14-15,19-22,30-34,40,42-47,49-50,68,78H,5-6,9-13,16-18,23-29,61-63H2,1-4H3,(H,66,69)(H,70,82)(H,71,85)(H,72,88)(H,73,81)(H,74,83)(H,75,84)(H,76,86)(H,77,87)(H,79,80)(H,89,90)(H4,64,65,67)/t33-,34-,40-,42-,43-,44-,45-,46-,47-,49-,50-/m0/s1. The van der Waals surface area contributed by atoms with Crippen LogP contribution in [0, 0.1) is 11.8 Å². The summed E-state index contributed by atoms with van der Waals surface area (Å²) in [5.74, 6) is -11.3. The summed E-state index contributed by atoms with van der Waals surface area (Å²) in [6, 6.07) is 0.381. The third-order valence-electron chi connectivity index (χ3n) is 15.4. The number of carbonyl (C=O) groups excluding carboxylic acids is 8. The minimum Gasteiger partial charge on any atom is -0.508 e. The number of nitrogens with one attached hydrogen (secondary N) is 10. The van der Waals surface area contributed by atoms with Crippen LogP contribution in [0.5, 0.6) is 5.75 Å². The molecule has 2 aromatic carbocycles. The van der Waals surface area contributed by atoms with Gasteiger partial charge in [0.15, 0.2) is 5.96 Å². The highest BCUT2D eigenvalue weighted by molar-refractivity contribution is 5.99. The summed E-state index contributed by atoms with van der Waals surface area (Å²) in [7, 11) is 0. The van der Waals surface area contributed by atoms with Crippen molar-refractivity contribution in [3.05, 3.63) is 84.1 Å². The molecule has 23 N–H and O–H groups in total.